The van der Waals surface area contributed by atoms with Gasteiger partial charge < -0.3 is 10.0 Å². The molecule has 6 heteroatoms. The molecule has 0 aliphatic rings. The Labute approximate surface area is 135 Å². The largest absolute Gasteiger partial charge is 0.465 e. The van der Waals surface area contributed by atoms with Crippen LogP contribution in [0.25, 0.3) is 10.9 Å². The van der Waals surface area contributed by atoms with Crippen molar-refractivity contribution in [3.8, 4) is 0 Å². The maximum absolute atomic E-state index is 11.5. The third-order valence-electron chi connectivity index (χ3n) is 3.66. The normalized spacial score (nSPS) is 10.7. The molecule has 1 amide bonds. The minimum Gasteiger partial charge on any atom is -0.465 e. The minimum atomic E-state index is -0.987. The lowest BCUT2D eigenvalue weighted by molar-refractivity contribution is 0.202. The smallest absolute Gasteiger partial charge is 0.411 e. The Balaban J connectivity index is 2.75. The van der Waals surface area contributed by atoms with Gasteiger partial charge in [-0.1, -0.05) is 23.7 Å². The zero-order valence-corrected chi connectivity index (χ0v) is 13.8. The van der Waals surface area contributed by atoms with Crippen LogP contribution in [0.4, 0.5) is 16.3 Å². The monoisotopic (exact) mass is 321 g/mol. The van der Waals surface area contributed by atoms with Crippen LogP contribution in [0.15, 0.2) is 24.3 Å². The number of para-hydroxylation sites is 1. The first-order valence-electron chi connectivity index (χ1n) is 7.38. The fraction of sp³-hybridized carbons (Fsp3) is 0.375. The van der Waals surface area contributed by atoms with E-state index >= 15 is 0 Å². The summed E-state index contributed by atoms with van der Waals surface area (Å²) >= 11 is 6.24. The second-order valence-electron chi connectivity index (χ2n) is 4.84. The molecule has 1 aromatic heterocycles. The highest BCUT2D eigenvalue weighted by Gasteiger charge is 2.21. The number of halogens is 1. The van der Waals surface area contributed by atoms with Gasteiger partial charge in [0, 0.05) is 25.0 Å². The van der Waals surface area contributed by atoms with E-state index in [1.807, 2.05) is 43.9 Å². The van der Waals surface area contributed by atoms with Crippen molar-refractivity contribution in [2.24, 2.45) is 0 Å². The number of carboxylic acid groups (broad SMARTS) is 1. The quantitative estimate of drug-likeness (QED) is 0.895. The maximum atomic E-state index is 11.5. The van der Waals surface area contributed by atoms with Crippen molar-refractivity contribution < 1.29 is 9.90 Å². The van der Waals surface area contributed by atoms with Gasteiger partial charge in [0.25, 0.3) is 0 Å². The van der Waals surface area contributed by atoms with E-state index in [-0.39, 0.29) is 0 Å². The van der Waals surface area contributed by atoms with Crippen LogP contribution in [0.2, 0.25) is 5.02 Å². The lowest BCUT2D eigenvalue weighted by Gasteiger charge is -2.27. The summed E-state index contributed by atoms with van der Waals surface area (Å²) in [6, 6.07) is 7.36. The Kier molecular flexibility index (Phi) is 5.08. The Bertz CT molecular complexity index is 686. The molecule has 0 aliphatic carbocycles. The van der Waals surface area contributed by atoms with Gasteiger partial charge in [-0.15, -0.1) is 0 Å². The van der Waals surface area contributed by atoms with Crippen LogP contribution in [0.1, 0.15) is 20.8 Å². The number of hydrogen-bond acceptors (Lipinski definition) is 3. The van der Waals surface area contributed by atoms with E-state index in [1.54, 1.807) is 6.07 Å². The molecule has 0 spiro atoms. The first-order chi connectivity index (χ1) is 10.5. The molecule has 118 valence electrons. The van der Waals surface area contributed by atoms with Gasteiger partial charge in [-0.3, -0.25) is 4.90 Å². The summed E-state index contributed by atoms with van der Waals surface area (Å²) < 4.78 is 0. The van der Waals surface area contributed by atoms with Crippen molar-refractivity contribution in [3.05, 3.63) is 29.3 Å². The highest BCUT2D eigenvalue weighted by Crippen LogP contribution is 2.33. The van der Waals surface area contributed by atoms with Crippen LogP contribution < -0.4 is 9.80 Å². The Morgan fingerprint density at radius 3 is 2.45 bits per heavy atom. The van der Waals surface area contributed by atoms with Gasteiger partial charge in [-0.05, 0) is 32.9 Å². The van der Waals surface area contributed by atoms with Crippen LogP contribution in [0, 0.1) is 0 Å². The molecular formula is C16H20ClN3O2. The summed E-state index contributed by atoms with van der Waals surface area (Å²) in [5, 5.41) is 10.9. The van der Waals surface area contributed by atoms with Gasteiger partial charge in [-0.25, -0.2) is 9.78 Å². The van der Waals surface area contributed by atoms with Crippen LogP contribution in [-0.2, 0) is 0 Å². The molecule has 0 bridgehead atoms. The summed E-state index contributed by atoms with van der Waals surface area (Å²) in [6.45, 7) is 7.68. The highest BCUT2D eigenvalue weighted by atomic mass is 35.5. The highest BCUT2D eigenvalue weighted by molar-refractivity contribution is 6.35. The number of anilines is 2. The molecule has 1 N–H and O–H groups in total. The molecule has 0 unspecified atom stereocenters. The van der Waals surface area contributed by atoms with Crippen LogP contribution in [0.3, 0.4) is 0 Å². The Hall–Kier alpha value is -2.01. The number of benzene rings is 1. The van der Waals surface area contributed by atoms with Gasteiger partial charge in [0.1, 0.15) is 0 Å². The van der Waals surface area contributed by atoms with E-state index in [4.69, 9.17) is 11.6 Å². The van der Waals surface area contributed by atoms with Crippen molar-refractivity contribution in [1.29, 1.82) is 0 Å². The number of carbonyl (C=O) groups is 1. The SMILES string of the molecule is CCN(CC)c1nc2c(Cl)cccc2cc1N(CC)C(=O)O. The van der Waals surface area contributed by atoms with Crippen molar-refractivity contribution in [1.82, 2.24) is 4.98 Å². The van der Waals surface area contributed by atoms with E-state index in [1.165, 1.54) is 4.90 Å². The number of amides is 1. The van der Waals surface area contributed by atoms with Crippen molar-refractivity contribution >= 4 is 40.1 Å². The Morgan fingerprint density at radius 2 is 1.91 bits per heavy atom. The number of hydrogen-bond donors (Lipinski definition) is 1. The molecule has 0 saturated heterocycles. The molecule has 1 heterocycles. The van der Waals surface area contributed by atoms with E-state index in [2.05, 4.69) is 4.98 Å². The summed E-state index contributed by atoms with van der Waals surface area (Å²) in [6.07, 6.45) is -0.987. The lowest BCUT2D eigenvalue weighted by atomic mass is 10.2. The number of aromatic nitrogens is 1. The summed E-state index contributed by atoms with van der Waals surface area (Å²) in [5.74, 6) is 0.648. The number of nitrogens with zero attached hydrogens (tertiary/aromatic N) is 3. The molecule has 2 aromatic rings. The summed E-state index contributed by atoms with van der Waals surface area (Å²) in [5.41, 5.74) is 1.28. The molecule has 0 atom stereocenters. The van der Waals surface area contributed by atoms with Gasteiger partial charge in [0.15, 0.2) is 5.82 Å². The standard InChI is InChI=1S/C16H20ClN3O2/c1-4-19(5-2)15-13(20(6-3)16(21)22)10-11-8-7-9-12(17)14(11)18-15/h7-10H,4-6H2,1-3H3,(H,21,22). The average Bonchev–Trinajstić information content (AvgIpc) is 2.49. The summed E-state index contributed by atoms with van der Waals surface area (Å²) in [7, 11) is 0. The molecule has 1 aromatic carbocycles. The molecule has 5 nitrogen and oxygen atoms in total. The fourth-order valence-corrected chi connectivity index (χ4v) is 2.73. The average molecular weight is 322 g/mol. The predicted octanol–water partition coefficient (Wildman–Crippen LogP) is 4.24. The van der Waals surface area contributed by atoms with Crippen molar-refractivity contribution in [3.63, 3.8) is 0 Å². The van der Waals surface area contributed by atoms with Crippen molar-refractivity contribution in [2.75, 3.05) is 29.4 Å². The molecule has 0 fully saturated rings. The van der Waals surface area contributed by atoms with E-state index < -0.39 is 6.09 Å². The van der Waals surface area contributed by atoms with Gasteiger partial charge >= 0.3 is 6.09 Å². The lowest BCUT2D eigenvalue weighted by Crippen LogP contribution is -2.32. The third-order valence-corrected chi connectivity index (χ3v) is 3.96. The maximum Gasteiger partial charge on any atom is 0.411 e. The first kappa shape index (κ1) is 16.4. The molecule has 0 radical (unpaired) electrons. The molecule has 2 rings (SSSR count). The third kappa shape index (κ3) is 2.95. The number of rotatable bonds is 5. The summed E-state index contributed by atoms with van der Waals surface area (Å²) in [4.78, 5) is 19.5. The molecule has 0 saturated carbocycles. The number of pyridine rings is 1. The molecule has 22 heavy (non-hydrogen) atoms. The van der Waals surface area contributed by atoms with E-state index in [0.717, 1.165) is 18.5 Å². The van der Waals surface area contributed by atoms with Gasteiger partial charge in [0.2, 0.25) is 0 Å². The van der Waals surface area contributed by atoms with Crippen LogP contribution >= 0.6 is 11.6 Å². The van der Waals surface area contributed by atoms with Gasteiger partial charge in [0.05, 0.1) is 16.2 Å². The zero-order chi connectivity index (χ0) is 16.3. The minimum absolute atomic E-state index is 0.358. The fourth-order valence-electron chi connectivity index (χ4n) is 2.50. The number of fused-ring (bicyclic) bond motifs is 1. The zero-order valence-electron chi connectivity index (χ0n) is 13.0. The van der Waals surface area contributed by atoms with E-state index in [0.29, 0.717) is 28.6 Å². The van der Waals surface area contributed by atoms with Gasteiger partial charge in [-0.2, -0.15) is 0 Å². The van der Waals surface area contributed by atoms with Crippen molar-refractivity contribution in [2.45, 2.75) is 20.8 Å². The molecular weight excluding hydrogens is 302 g/mol. The predicted molar refractivity (Wildman–Crippen MR) is 91.4 cm³/mol. The van der Waals surface area contributed by atoms with Crippen LogP contribution in [-0.4, -0.2) is 35.8 Å². The topological polar surface area (TPSA) is 56.7 Å². The van der Waals surface area contributed by atoms with E-state index in [9.17, 15) is 9.90 Å². The van der Waals surface area contributed by atoms with Crippen LogP contribution in [0.5, 0.6) is 0 Å². The molecule has 0 aliphatic heterocycles. The first-order valence-corrected chi connectivity index (χ1v) is 7.75. The second kappa shape index (κ2) is 6.83. The Morgan fingerprint density at radius 1 is 1.23 bits per heavy atom. The second-order valence-corrected chi connectivity index (χ2v) is 5.25.